The quantitative estimate of drug-likeness (QED) is 0.609. The van der Waals surface area contributed by atoms with E-state index in [0.29, 0.717) is 16.2 Å². The van der Waals surface area contributed by atoms with Crippen LogP contribution in [-0.4, -0.2) is 19.4 Å². The third kappa shape index (κ3) is 1.10. The minimum Gasteiger partial charge on any atom is -0.316 e. The maximum atomic E-state index is 11.4. The number of aromatic nitrogens is 4. The highest BCUT2D eigenvalue weighted by Crippen LogP contribution is 2.04. The molecule has 0 atom stereocenters. The number of hydrogen-bond donors (Lipinski definition) is 2. The zero-order valence-corrected chi connectivity index (χ0v) is 8.03. The first-order chi connectivity index (χ1) is 6.09. The summed E-state index contributed by atoms with van der Waals surface area (Å²) in [4.78, 5) is 20.9. The highest BCUT2D eigenvalue weighted by molar-refractivity contribution is 7.71. The molecule has 0 aliphatic carbocycles. The molecule has 0 aliphatic rings. The Bertz CT molecular complexity index is 576. The third-order valence-corrected chi connectivity index (χ3v) is 2.08. The molecule has 0 saturated carbocycles. The Morgan fingerprint density at radius 1 is 1.38 bits per heavy atom. The molecule has 0 bridgehead atoms. The molecule has 0 radical (unpaired) electrons. The maximum Gasteiger partial charge on any atom is 0.334 e. The lowest BCUT2D eigenvalue weighted by atomic mass is 10.5. The van der Waals surface area contributed by atoms with Gasteiger partial charge in [0.1, 0.15) is 11.5 Å². The summed E-state index contributed by atoms with van der Waals surface area (Å²) in [7, 11) is 0. The molecule has 0 unspecified atom stereocenters. The SMILES string of the molecule is Cc1nc(C)n2c(=O)[nH]c(=S)[nH]c12. The summed E-state index contributed by atoms with van der Waals surface area (Å²) in [5.41, 5.74) is 1.18. The fourth-order valence-electron chi connectivity index (χ4n) is 1.36. The molecular weight excluding hydrogens is 188 g/mol. The Labute approximate surface area is 78.5 Å². The van der Waals surface area contributed by atoms with E-state index in [1.54, 1.807) is 6.92 Å². The Morgan fingerprint density at radius 3 is 2.77 bits per heavy atom. The predicted octanol–water partition coefficient (Wildman–Crippen LogP) is 0.697. The van der Waals surface area contributed by atoms with Crippen LogP contribution in [0.4, 0.5) is 0 Å². The van der Waals surface area contributed by atoms with Gasteiger partial charge in [0.05, 0.1) is 5.69 Å². The zero-order chi connectivity index (χ0) is 9.59. The van der Waals surface area contributed by atoms with Crippen molar-refractivity contribution in [2.24, 2.45) is 0 Å². The van der Waals surface area contributed by atoms with Crippen molar-refractivity contribution >= 4 is 17.9 Å². The van der Waals surface area contributed by atoms with Gasteiger partial charge in [0, 0.05) is 0 Å². The first-order valence-corrected chi connectivity index (χ1v) is 4.18. The van der Waals surface area contributed by atoms with Crippen molar-refractivity contribution in [3.63, 3.8) is 0 Å². The lowest BCUT2D eigenvalue weighted by Crippen LogP contribution is -2.18. The smallest absolute Gasteiger partial charge is 0.316 e. The van der Waals surface area contributed by atoms with Crippen LogP contribution < -0.4 is 5.69 Å². The first kappa shape index (κ1) is 8.18. The molecule has 6 heteroatoms. The van der Waals surface area contributed by atoms with Crippen LogP contribution in [-0.2, 0) is 0 Å². The van der Waals surface area contributed by atoms with Gasteiger partial charge < -0.3 is 4.98 Å². The summed E-state index contributed by atoms with van der Waals surface area (Å²) >= 11 is 4.84. The molecule has 2 aromatic heterocycles. The van der Waals surface area contributed by atoms with Gasteiger partial charge in [-0.25, -0.2) is 14.2 Å². The molecule has 68 valence electrons. The van der Waals surface area contributed by atoms with E-state index in [9.17, 15) is 4.79 Å². The molecule has 0 saturated heterocycles. The number of rotatable bonds is 0. The number of nitrogens with zero attached hydrogens (tertiary/aromatic N) is 2. The van der Waals surface area contributed by atoms with Crippen LogP contribution in [0.25, 0.3) is 5.65 Å². The van der Waals surface area contributed by atoms with Gasteiger partial charge in [0.2, 0.25) is 0 Å². The van der Waals surface area contributed by atoms with Crippen LogP contribution >= 0.6 is 12.2 Å². The Hall–Kier alpha value is -1.43. The summed E-state index contributed by atoms with van der Waals surface area (Å²) in [6.45, 7) is 3.60. The lowest BCUT2D eigenvalue weighted by molar-refractivity contribution is 0.899. The van der Waals surface area contributed by atoms with Crippen LogP contribution in [0.15, 0.2) is 4.79 Å². The van der Waals surface area contributed by atoms with E-state index in [1.165, 1.54) is 4.40 Å². The van der Waals surface area contributed by atoms with Crippen molar-refractivity contribution in [3.05, 3.63) is 26.8 Å². The number of fused-ring (bicyclic) bond motifs is 1. The Kier molecular flexibility index (Phi) is 1.59. The van der Waals surface area contributed by atoms with Gasteiger partial charge in [-0.1, -0.05) is 0 Å². The first-order valence-electron chi connectivity index (χ1n) is 3.78. The van der Waals surface area contributed by atoms with Crippen molar-refractivity contribution < 1.29 is 0 Å². The maximum absolute atomic E-state index is 11.4. The van der Waals surface area contributed by atoms with E-state index in [2.05, 4.69) is 15.0 Å². The molecule has 2 N–H and O–H groups in total. The predicted molar refractivity (Wildman–Crippen MR) is 50.5 cm³/mol. The molecule has 0 spiro atoms. The monoisotopic (exact) mass is 196 g/mol. The van der Waals surface area contributed by atoms with E-state index in [4.69, 9.17) is 12.2 Å². The molecule has 0 fully saturated rings. The molecule has 5 nitrogen and oxygen atoms in total. The summed E-state index contributed by atoms with van der Waals surface area (Å²) in [5, 5.41) is 0. The average Bonchev–Trinajstić information content (AvgIpc) is 2.27. The summed E-state index contributed by atoms with van der Waals surface area (Å²) in [6.07, 6.45) is 0. The van der Waals surface area contributed by atoms with Crippen LogP contribution in [0.5, 0.6) is 0 Å². The van der Waals surface area contributed by atoms with Crippen molar-refractivity contribution in [1.29, 1.82) is 0 Å². The second-order valence-electron chi connectivity index (χ2n) is 2.81. The van der Waals surface area contributed by atoms with Gasteiger partial charge in [-0.3, -0.25) is 4.98 Å². The normalized spacial score (nSPS) is 10.9. The topological polar surface area (TPSA) is 66.0 Å². The number of nitrogens with one attached hydrogen (secondary N) is 2. The van der Waals surface area contributed by atoms with Crippen molar-refractivity contribution in [3.8, 4) is 0 Å². The largest absolute Gasteiger partial charge is 0.334 e. The second kappa shape index (κ2) is 2.53. The Morgan fingerprint density at radius 2 is 2.08 bits per heavy atom. The number of aryl methyl sites for hydroxylation is 2. The van der Waals surface area contributed by atoms with Gasteiger partial charge in [-0.2, -0.15) is 0 Å². The minimum atomic E-state index is -0.253. The highest BCUT2D eigenvalue weighted by Gasteiger charge is 2.06. The van der Waals surface area contributed by atoms with Gasteiger partial charge in [0.15, 0.2) is 4.77 Å². The van der Waals surface area contributed by atoms with E-state index < -0.39 is 0 Å². The standard InChI is InChI=1S/C7H8N4OS/c1-3-5-9-6(13)10-7(12)11(5)4(2)8-3/h1-2H3,(H2,9,10,12,13). The van der Waals surface area contributed by atoms with Crippen LogP contribution in [0.3, 0.4) is 0 Å². The molecule has 0 aromatic carbocycles. The van der Waals surface area contributed by atoms with Crippen molar-refractivity contribution in [2.45, 2.75) is 13.8 Å². The molecule has 0 amide bonds. The molecule has 2 rings (SSSR count). The summed E-state index contributed by atoms with van der Waals surface area (Å²) < 4.78 is 1.78. The lowest BCUT2D eigenvalue weighted by Gasteiger charge is -1.93. The molecule has 2 heterocycles. The number of hydrogen-bond acceptors (Lipinski definition) is 3. The number of imidazole rings is 1. The van der Waals surface area contributed by atoms with Crippen molar-refractivity contribution in [2.75, 3.05) is 0 Å². The van der Waals surface area contributed by atoms with E-state index in [1.807, 2.05) is 6.92 Å². The molecule has 0 aliphatic heterocycles. The fraction of sp³-hybridized carbons (Fsp3) is 0.286. The van der Waals surface area contributed by atoms with E-state index in [0.717, 1.165) is 5.69 Å². The van der Waals surface area contributed by atoms with Crippen LogP contribution in [0.2, 0.25) is 0 Å². The number of H-pyrrole nitrogens is 2. The molecule has 2 aromatic rings. The zero-order valence-electron chi connectivity index (χ0n) is 7.21. The number of aromatic amines is 2. The second-order valence-corrected chi connectivity index (χ2v) is 3.22. The van der Waals surface area contributed by atoms with Crippen LogP contribution in [0.1, 0.15) is 11.5 Å². The van der Waals surface area contributed by atoms with E-state index >= 15 is 0 Å². The fourth-order valence-corrected chi connectivity index (χ4v) is 1.54. The van der Waals surface area contributed by atoms with Gasteiger partial charge >= 0.3 is 5.69 Å². The van der Waals surface area contributed by atoms with Crippen molar-refractivity contribution in [1.82, 2.24) is 19.4 Å². The summed E-state index contributed by atoms with van der Waals surface area (Å²) in [6, 6.07) is 0. The van der Waals surface area contributed by atoms with Gasteiger partial charge in [-0.05, 0) is 26.1 Å². The molecular formula is C7H8N4OS. The average molecular weight is 196 g/mol. The van der Waals surface area contributed by atoms with E-state index in [-0.39, 0.29) is 5.69 Å². The van der Waals surface area contributed by atoms with Gasteiger partial charge in [0.25, 0.3) is 0 Å². The Balaban J connectivity index is 3.15. The van der Waals surface area contributed by atoms with Crippen LogP contribution in [0, 0.1) is 18.6 Å². The minimum absolute atomic E-state index is 0.253. The molecule has 13 heavy (non-hydrogen) atoms. The summed E-state index contributed by atoms with van der Waals surface area (Å²) in [5.74, 6) is 0.653. The highest BCUT2D eigenvalue weighted by atomic mass is 32.1. The van der Waals surface area contributed by atoms with Gasteiger partial charge in [-0.15, -0.1) is 0 Å². The third-order valence-electron chi connectivity index (χ3n) is 1.87.